The number of hydrogen-bond acceptors (Lipinski definition) is 2. The second-order valence-electron chi connectivity index (χ2n) is 4.84. The van der Waals surface area contributed by atoms with Gasteiger partial charge in [0.1, 0.15) is 17.5 Å². The normalized spacial score (nSPS) is 18.9. The number of halogens is 2. The first-order chi connectivity index (χ1) is 9.24. The lowest BCUT2D eigenvalue weighted by molar-refractivity contribution is 0.585. The number of H-pyrrole nitrogens is 1. The molecule has 1 aliphatic rings. The molecule has 1 aliphatic heterocycles. The Kier molecular flexibility index (Phi) is 3.29. The highest BCUT2D eigenvalue weighted by atomic mass is 19.1. The molecule has 1 aromatic heterocycles. The first kappa shape index (κ1) is 12.3. The number of aromatic amines is 1. The van der Waals surface area contributed by atoms with E-state index in [2.05, 4.69) is 15.3 Å². The van der Waals surface area contributed by atoms with E-state index in [4.69, 9.17) is 0 Å². The minimum absolute atomic E-state index is 0.0411. The third-order valence-corrected chi connectivity index (χ3v) is 3.46. The third kappa shape index (κ3) is 2.51. The molecule has 2 N–H and O–H groups in total. The maximum atomic E-state index is 13.7. The molecule has 0 saturated carbocycles. The lowest BCUT2D eigenvalue weighted by Crippen LogP contribution is -2.24. The zero-order valence-electron chi connectivity index (χ0n) is 10.4. The zero-order valence-corrected chi connectivity index (χ0v) is 10.4. The van der Waals surface area contributed by atoms with Crippen LogP contribution < -0.4 is 5.32 Å². The van der Waals surface area contributed by atoms with E-state index in [9.17, 15) is 8.78 Å². The molecule has 1 saturated heterocycles. The fourth-order valence-corrected chi connectivity index (χ4v) is 2.51. The molecule has 1 aromatic carbocycles. The molecule has 1 atom stereocenters. The van der Waals surface area contributed by atoms with Gasteiger partial charge in [-0.3, -0.25) is 0 Å². The van der Waals surface area contributed by atoms with Crippen molar-refractivity contribution in [3.8, 4) is 11.3 Å². The fourth-order valence-electron chi connectivity index (χ4n) is 2.51. The Labute approximate surface area is 110 Å². The van der Waals surface area contributed by atoms with Crippen molar-refractivity contribution < 1.29 is 8.78 Å². The number of rotatable bonds is 3. The molecular formula is C14H15F2N3. The SMILES string of the molecule is Fc1cccc(F)c1-c1cnc(CC2CCCN2)[nH]1. The molecular weight excluding hydrogens is 248 g/mol. The van der Waals surface area contributed by atoms with Gasteiger partial charge in [-0.05, 0) is 31.5 Å². The summed E-state index contributed by atoms with van der Waals surface area (Å²) in [7, 11) is 0. The van der Waals surface area contributed by atoms with Gasteiger partial charge < -0.3 is 10.3 Å². The van der Waals surface area contributed by atoms with Gasteiger partial charge >= 0.3 is 0 Å². The van der Waals surface area contributed by atoms with E-state index in [-0.39, 0.29) is 5.56 Å². The highest BCUT2D eigenvalue weighted by Crippen LogP contribution is 2.24. The van der Waals surface area contributed by atoms with Gasteiger partial charge in [-0.15, -0.1) is 0 Å². The van der Waals surface area contributed by atoms with E-state index >= 15 is 0 Å². The number of nitrogens with zero attached hydrogens (tertiary/aromatic N) is 1. The maximum Gasteiger partial charge on any atom is 0.135 e. The number of aromatic nitrogens is 2. The van der Waals surface area contributed by atoms with Gasteiger partial charge in [-0.1, -0.05) is 6.07 Å². The average molecular weight is 263 g/mol. The van der Waals surface area contributed by atoms with E-state index in [0.29, 0.717) is 11.7 Å². The van der Waals surface area contributed by atoms with Crippen molar-refractivity contribution >= 4 is 0 Å². The third-order valence-electron chi connectivity index (χ3n) is 3.46. The van der Waals surface area contributed by atoms with Crippen LogP contribution >= 0.6 is 0 Å². The standard InChI is InChI=1S/C14H15F2N3/c15-10-4-1-5-11(16)14(10)12-8-18-13(19-12)7-9-3-2-6-17-9/h1,4-5,8-9,17H,2-3,6-7H2,(H,18,19). The van der Waals surface area contributed by atoms with Crippen LogP contribution in [0, 0.1) is 11.6 Å². The van der Waals surface area contributed by atoms with Gasteiger partial charge in [0.25, 0.3) is 0 Å². The molecule has 0 radical (unpaired) electrons. The van der Waals surface area contributed by atoms with Crippen LogP contribution in [0.5, 0.6) is 0 Å². The summed E-state index contributed by atoms with van der Waals surface area (Å²) in [5.41, 5.74) is 0.351. The van der Waals surface area contributed by atoms with Crippen LogP contribution in [0.4, 0.5) is 8.78 Å². The molecule has 0 aliphatic carbocycles. The first-order valence-corrected chi connectivity index (χ1v) is 6.45. The molecule has 0 amide bonds. The van der Waals surface area contributed by atoms with Gasteiger partial charge in [0.05, 0.1) is 17.5 Å². The lowest BCUT2D eigenvalue weighted by Gasteiger charge is -2.07. The molecule has 2 heterocycles. The molecule has 1 fully saturated rings. The van der Waals surface area contributed by atoms with Crippen molar-refractivity contribution in [1.82, 2.24) is 15.3 Å². The Morgan fingerprint density at radius 1 is 1.26 bits per heavy atom. The lowest BCUT2D eigenvalue weighted by atomic mass is 10.1. The number of hydrogen-bond donors (Lipinski definition) is 2. The van der Waals surface area contributed by atoms with E-state index in [0.717, 1.165) is 25.2 Å². The Hall–Kier alpha value is -1.75. The minimum atomic E-state index is -0.575. The highest BCUT2D eigenvalue weighted by Gasteiger charge is 2.18. The van der Waals surface area contributed by atoms with E-state index in [1.54, 1.807) is 0 Å². The predicted molar refractivity (Wildman–Crippen MR) is 68.7 cm³/mol. The van der Waals surface area contributed by atoms with Crippen molar-refractivity contribution in [2.45, 2.75) is 25.3 Å². The van der Waals surface area contributed by atoms with Crippen molar-refractivity contribution in [2.24, 2.45) is 0 Å². The second kappa shape index (κ2) is 5.09. The summed E-state index contributed by atoms with van der Waals surface area (Å²) in [5, 5.41) is 3.37. The van der Waals surface area contributed by atoms with Crippen LogP contribution in [0.2, 0.25) is 0 Å². The quantitative estimate of drug-likeness (QED) is 0.893. The Balaban J connectivity index is 1.84. The number of benzene rings is 1. The first-order valence-electron chi connectivity index (χ1n) is 6.45. The van der Waals surface area contributed by atoms with Crippen LogP contribution in [0.25, 0.3) is 11.3 Å². The number of nitrogens with one attached hydrogen (secondary N) is 2. The van der Waals surface area contributed by atoms with Crippen LogP contribution in [0.15, 0.2) is 24.4 Å². The minimum Gasteiger partial charge on any atom is -0.342 e. The monoisotopic (exact) mass is 263 g/mol. The van der Waals surface area contributed by atoms with Gasteiger partial charge in [-0.2, -0.15) is 0 Å². The Morgan fingerprint density at radius 3 is 2.74 bits per heavy atom. The molecule has 2 aromatic rings. The van der Waals surface area contributed by atoms with Crippen molar-refractivity contribution in [3.63, 3.8) is 0 Å². The topological polar surface area (TPSA) is 40.7 Å². The summed E-state index contributed by atoms with van der Waals surface area (Å²) < 4.78 is 27.3. The zero-order chi connectivity index (χ0) is 13.2. The maximum absolute atomic E-state index is 13.7. The predicted octanol–water partition coefficient (Wildman–Crippen LogP) is 2.65. The van der Waals surface area contributed by atoms with Crippen LogP contribution in [0.1, 0.15) is 18.7 Å². The highest BCUT2D eigenvalue weighted by molar-refractivity contribution is 5.60. The molecule has 1 unspecified atom stereocenters. The smallest absolute Gasteiger partial charge is 0.135 e. The van der Waals surface area contributed by atoms with Gasteiger partial charge in [0, 0.05) is 12.5 Å². The van der Waals surface area contributed by atoms with Crippen molar-refractivity contribution in [1.29, 1.82) is 0 Å². The van der Waals surface area contributed by atoms with E-state index in [1.165, 1.54) is 30.8 Å². The molecule has 0 bridgehead atoms. The summed E-state index contributed by atoms with van der Waals surface area (Å²) in [6.45, 7) is 1.03. The molecule has 100 valence electrons. The number of imidazole rings is 1. The molecule has 19 heavy (non-hydrogen) atoms. The molecule has 5 heteroatoms. The summed E-state index contributed by atoms with van der Waals surface area (Å²) >= 11 is 0. The summed E-state index contributed by atoms with van der Waals surface area (Å²) in [6, 6.07) is 4.26. The van der Waals surface area contributed by atoms with Crippen molar-refractivity contribution in [2.75, 3.05) is 6.54 Å². The largest absolute Gasteiger partial charge is 0.342 e. The van der Waals surface area contributed by atoms with Crippen LogP contribution in [-0.2, 0) is 6.42 Å². The van der Waals surface area contributed by atoms with Crippen molar-refractivity contribution in [3.05, 3.63) is 41.9 Å². The van der Waals surface area contributed by atoms with Gasteiger partial charge in [-0.25, -0.2) is 13.8 Å². The summed E-state index contributed by atoms with van der Waals surface area (Å²) in [5.74, 6) is -0.388. The molecule has 0 spiro atoms. The Morgan fingerprint density at radius 2 is 2.05 bits per heavy atom. The fraction of sp³-hybridized carbons (Fsp3) is 0.357. The Bertz CT molecular complexity index is 554. The molecule has 3 nitrogen and oxygen atoms in total. The summed E-state index contributed by atoms with van der Waals surface area (Å²) in [4.78, 5) is 7.22. The van der Waals surface area contributed by atoms with E-state index in [1.807, 2.05) is 0 Å². The van der Waals surface area contributed by atoms with Gasteiger partial charge in [0.15, 0.2) is 0 Å². The van der Waals surface area contributed by atoms with Crippen LogP contribution in [0.3, 0.4) is 0 Å². The van der Waals surface area contributed by atoms with Crippen LogP contribution in [-0.4, -0.2) is 22.6 Å². The second-order valence-corrected chi connectivity index (χ2v) is 4.84. The van der Waals surface area contributed by atoms with E-state index < -0.39 is 11.6 Å². The van der Waals surface area contributed by atoms with Gasteiger partial charge in [0.2, 0.25) is 0 Å². The average Bonchev–Trinajstić information content (AvgIpc) is 3.02. The molecule has 3 rings (SSSR count). The summed E-state index contributed by atoms with van der Waals surface area (Å²) in [6.07, 6.45) is 4.53.